The van der Waals surface area contributed by atoms with E-state index in [9.17, 15) is 14.9 Å². The summed E-state index contributed by atoms with van der Waals surface area (Å²) in [5.74, 6) is -0.338. The van der Waals surface area contributed by atoms with Crippen LogP contribution in [0, 0.1) is 17.0 Å². The lowest BCUT2D eigenvalue weighted by atomic mass is 10.1. The van der Waals surface area contributed by atoms with E-state index in [1.165, 1.54) is 6.07 Å². The van der Waals surface area contributed by atoms with Crippen LogP contribution in [-0.2, 0) is 6.54 Å². The van der Waals surface area contributed by atoms with Gasteiger partial charge < -0.3 is 5.32 Å². The molecule has 1 aromatic carbocycles. The van der Waals surface area contributed by atoms with Gasteiger partial charge in [0.25, 0.3) is 5.91 Å². The summed E-state index contributed by atoms with van der Waals surface area (Å²) in [4.78, 5) is 22.5. The fraction of sp³-hybridized carbons (Fsp3) is 0.118. The quantitative estimate of drug-likeness (QED) is 0.468. The zero-order chi connectivity index (χ0) is 19.4. The summed E-state index contributed by atoms with van der Waals surface area (Å²) >= 11 is 8.27. The lowest BCUT2D eigenvalue weighted by Crippen LogP contribution is -2.22. The second-order valence-corrected chi connectivity index (χ2v) is 7.82. The third-order valence-electron chi connectivity index (χ3n) is 3.48. The van der Waals surface area contributed by atoms with Crippen LogP contribution in [0.5, 0.6) is 0 Å². The molecule has 0 atom stereocenters. The van der Waals surface area contributed by atoms with Crippen molar-refractivity contribution in [2.45, 2.75) is 13.5 Å². The van der Waals surface area contributed by atoms with Gasteiger partial charge in [-0.15, -0.1) is 10.2 Å². The van der Waals surface area contributed by atoms with Crippen LogP contribution >= 0.6 is 34.3 Å². The number of thiophene rings is 1. The summed E-state index contributed by atoms with van der Waals surface area (Å²) < 4.78 is 0. The first kappa shape index (κ1) is 19.2. The highest BCUT2D eigenvalue weighted by Crippen LogP contribution is 2.29. The number of carbonyl (C=O) groups excluding carboxylic acids is 1. The minimum absolute atomic E-state index is 0.0270. The summed E-state index contributed by atoms with van der Waals surface area (Å²) in [6.07, 6.45) is 1.56. The van der Waals surface area contributed by atoms with Crippen molar-refractivity contribution in [1.82, 2.24) is 15.5 Å². The molecule has 0 aliphatic carbocycles. The summed E-state index contributed by atoms with van der Waals surface area (Å²) in [7, 11) is 0. The van der Waals surface area contributed by atoms with Crippen molar-refractivity contribution in [3.63, 3.8) is 0 Å². The standard InChI is InChI=1S/C17H13ClN4O3S2/c1-10-2-4-11(5-3-10)8-19-15(23)17-21-20-16(27-17)13(18)6-12-7-14(22(24)25)26-9-12/h2-7,9H,8H2,1H3,(H,19,23)/b13-6-. The average Bonchev–Trinajstić information content (AvgIpc) is 3.30. The molecular weight excluding hydrogens is 408 g/mol. The van der Waals surface area contributed by atoms with Gasteiger partial charge in [0.2, 0.25) is 5.01 Å². The lowest BCUT2D eigenvalue weighted by Gasteiger charge is -2.03. The van der Waals surface area contributed by atoms with Gasteiger partial charge >= 0.3 is 5.00 Å². The first-order chi connectivity index (χ1) is 12.9. The van der Waals surface area contributed by atoms with Crippen LogP contribution in [0.4, 0.5) is 5.00 Å². The number of nitro groups is 1. The van der Waals surface area contributed by atoms with Crippen molar-refractivity contribution >= 4 is 56.3 Å². The van der Waals surface area contributed by atoms with Crippen molar-refractivity contribution < 1.29 is 9.72 Å². The highest BCUT2D eigenvalue weighted by Gasteiger charge is 2.15. The zero-order valence-electron chi connectivity index (χ0n) is 14.0. The Bertz CT molecular complexity index is 1010. The van der Waals surface area contributed by atoms with E-state index < -0.39 is 4.92 Å². The molecule has 1 amide bonds. The van der Waals surface area contributed by atoms with Crippen LogP contribution in [0.25, 0.3) is 11.1 Å². The van der Waals surface area contributed by atoms with Crippen LogP contribution in [0.1, 0.15) is 31.5 Å². The Morgan fingerprint density at radius 2 is 2.00 bits per heavy atom. The normalized spacial score (nSPS) is 11.4. The molecule has 0 saturated heterocycles. The van der Waals surface area contributed by atoms with Gasteiger partial charge in [-0.2, -0.15) is 0 Å². The number of nitrogens with zero attached hydrogens (tertiary/aromatic N) is 3. The molecule has 0 unspecified atom stereocenters. The first-order valence-corrected chi connectivity index (χ1v) is 9.77. The Labute approximate surface area is 167 Å². The smallest absolute Gasteiger partial charge is 0.324 e. The Morgan fingerprint density at radius 3 is 2.67 bits per heavy atom. The Balaban J connectivity index is 1.65. The Kier molecular flexibility index (Phi) is 5.94. The van der Waals surface area contributed by atoms with Crippen molar-refractivity contribution in [2.24, 2.45) is 0 Å². The van der Waals surface area contributed by atoms with Crippen molar-refractivity contribution in [3.05, 3.63) is 72.5 Å². The van der Waals surface area contributed by atoms with Crippen LogP contribution in [-0.4, -0.2) is 21.0 Å². The maximum atomic E-state index is 12.2. The van der Waals surface area contributed by atoms with Gasteiger partial charge in [-0.25, -0.2) is 0 Å². The number of nitrogens with one attached hydrogen (secondary N) is 1. The van der Waals surface area contributed by atoms with E-state index in [1.54, 1.807) is 11.5 Å². The van der Waals surface area contributed by atoms with Crippen LogP contribution < -0.4 is 5.32 Å². The van der Waals surface area contributed by atoms with Gasteiger partial charge in [0, 0.05) is 18.0 Å². The number of amides is 1. The van der Waals surface area contributed by atoms with Crippen LogP contribution in [0.15, 0.2) is 35.7 Å². The number of aromatic nitrogens is 2. The highest BCUT2D eigenvalue weighted by molar-refractivity contribution is 7.15. The van der Waals surface area contributed by atoms with Gasteiger partial charge in [0.15, 0.2) is 5.01 Å². The molecule has 138 valence electrons. The van der Waals surface area contributed by atoms with Gasteiger partial charge in [0.05, 0.1) is 9.96 Å². The topological polar surface area (TPSA) is 98.0 Å². The third kappa shape index (κ3) is 4.97. The molecule has 0 bridgehead atoms. The SMILES string of the molecule is Cc1ccc(CNC(=O)c2nnc(/C(Cl)=C/c3csc([N+](=O)[O-])c3)s2)cc1. The number of aryl methyl sites for hydroxylation is 1. The van der Waals surface area contributed by atoms with Crippen molar-refractivity contribution in [1.29, 1.82) is 0 Å². The number of benzene rings is 1. The maximum Gasteiger partial charge on any atom is 0.324 e. The number of hydrogen-bond acceptors (Lipinski definition) is 7. The minimum atomic E-state index is -0.461. The zero-order valence-corrected chi connectivity index (χ0v) is 16.4. The largest absolute Gasteiger partial charge is 0.346 e. The fourth-order valence-electron chi connectivity index (χ4n) is 2.09. The van der Waals surface area contributed by atoms with Gasteiger partial charge in [-0.3, -0.25) is 14.9 Å². The molecular formula is C17H13ClN4O3S2. The molecule has 2 aromatic heterocycles. The predicted molar refractivity (Wildman–Crippen MR) is 107 cm³/mol. The molecule has 10 heteroatoms. The van der Waals surface area contributed by atoms with Crippen molar-refractivity contribution in [3.8, 4) is 0 Å². The molecule has 0 aliphatic rings. The molecule has 1 N–H and O–H groups in total. The molecule has 3 aromatic rings. The predicted octanol–water partition coefficient (Wildman–Crippen LogP) is 4.48. The monoisotopic (exact) mass is 420 g/mol. The third-order valence-corrected chi connectivity index (χ3v) is 5.73. The minimum Gasteiger partial charge on any atom is -0.346 e. The molecule has 0 saturated carbocycles. The van der Waals surface area contributed by atoms with Crippen LogP contribution in [0.2, 0.25) is 0 Å². The van der Waals surface area contributed by atoms with E-state index in [0.29, 0.717) is 17.1 Å². The maximum absolute atomic E-state index is 12.2. The molecule has 0 spiro atoms. The van der Waals surface area contributed by atoms with E-state index in [-0.39, 0.29) is 20.9 Å². The Morgan fingerprint density at radius 1 is 1.30 bits per heavy atom. The number of hydrogen-bond donors (Lipinski definition) is 1. The summed E-state index contributed by atoms with van der Waals surface area (Å²) in [6.45, 7) is 2.38. The van der Waals surface area contributed by atoms with E-state index in [0.717, 1.165) is 33.8 Å². The van der Waals surface area contributed by atoms with E-state index >= 15 is 0 Å². The highest BCUT2D eigenvalue weighted by atomic mass is 35.5. The number of carbonyl (C=O) groups is 1. The molecule has 0 fully saturated rings. The van der Waals surface area contributed by atoms with Gasteiger partial charge in [0.1, 0.15) is 0 Å². The molecule has 0 radical (unpaired) electrons. The Hall–Kier alpha value is -2.62. The molecule has 0 aliphatic heterocycles. The van der Waals surface area contributed by atoms with E-state index in [2.05, 4.69) is 15.5 Å². The van der Waals surface area contributed by atoms with Gasteiger partial charge in [-0.05, 0) is 24.1 Å². The van der Waals surface area contributed by atoms with Gasteiger partial charge in [-0.1, -0.05) is 64.1 Å². The second kappa shape index (κ2) is 8.38. The lowest BCUT2D eigenvalue weighted by molar-refractivity contribution is -0.380. The van der Waals surface area contributed by atoms with Crippen molar-refractivity contribution in [2.75, 3.05) is 0 Å². The van der Waals surface area contributed by atoms with Crippen LogP contribution in [0.3, 0.4) is 0 Å². The molecule has 3 rings (SSSR count). The molecule has 2 heterocycles. The number of halogens is 1. The average molecular weight is 421 g/mol. The first-order valence-electron chi connectivity index (χ1n) is 7.70. The summed E-state index contributed by atoms with van der Waals surface area (Å²) in [5, 5.41) is 23.8. The summed E-state index contributed by atoms with van der Waals surface area (Å²) in [6, 6.07) is 9.26. The second-order valence-electron chi connectivity index (χ2n) is 5.55. The van der Waals surface area contributed by atoms with E-state index in [4.69, 9.17) is 11.6 Å². The summed E-state index contributed by atoms with van der Waals surface area (Å²) in [5.41, 5.74) is 2.73. The number of rotatable bonds is 6. The molecule has 27 heavy (non-hydrogen) atoms. The fourth-order valence-corrected chi connectivity index (χ4v) is 3.72. The van der Waals surface area contributed by atoms with E-state index in [1.807, 2.05) is 31.2 Å². The molecule has 7 nitrogen and oxygen atoms in total.